The summed E-state index contributed by atoms with van der Waals surface area (Å²) in [5, 5.41) is 34.9. The molecule has 6 aliphatic rings. The van der Waals surface area contributed by atoms with E-state index in [2.05, 4.69) is 35.1 Å². The lowest BCUT2D eigenvalue weighted by atomic mass is 9.60. The largest absolute Gasteiger partial charge is 0.389 e. The normalized spacial score (nSPS) is 32.7. The highest BCUT2D eigenvalue weighted by atomic mass is 16.5. The molecule has 6 rings (SSSR count). The number of nitrogens with zero attached hydrogens (tertiary/aromatic N) is 2. The van der Waals surface area contributed by atoms with Crippen LogP contribution >= 0.6 is 0 Å². The zero-order valence-electron chi connectivity index (χ0n) is 36.5. The highest BCUT2D eigenvalue weighted by Crippen LogP contribution is 2.49. The number of aliphatic hydroxyl groups is 2. The minimum absolute atomic E-state index is 0.0357. The van der Waals surface area contributed by atoms with Crippen LogP contribution in [0.25, 0.3) is 0 Å². The van der Waals surface area contributed by atoms with Crippen molar-refractivity contribution in [3.63, 3.8) is 0 Å². The molecule has 2 atom stereocenters. The highest BCUT2D eigenvalue weighted by Gasteiger charge is 2.60. The Kier molecular flexibility index (Phi) is 12.1. The van der Waals surface area contributed by atoms with Gasteiger partial charge in [0.05, 0.1) is 50.7 Å². The minimum Gasteiger partial charge on any atom is -0.389 e. The maximum Gasteiger partial charge on any atom is 0.325 e. The summed E-state index contributed by atoms with van der Waals surface area (Å²) < 4.78 is 12.4. The van der Waals surface area contributed by atoms with Crippen LogP contribution in [0.15, 0.2) is 0 Å². The molecular formula is C43H74N6O8. The SMILES string of the molecule is CC1(C)CC2(CC(C)(C)N1)NC(=O)N(CC(O)COC1CCC(C(C)(C)C3CCC(OCC(O)CN4C(=O)NC5(CC(C)(C)NC(C)(C)C5)C4=O)CC3)CC1)C2=O. The van der Waals surface area contributed by atoms with Gasteiger partial charge in [0, 0.05) is 22.2 Å². The summed E-state index contributed by atoms with van der Waals surface area (Å²) in [4.78, 5) is 55.6. The Morgan fingerprint density at radius 3 is 1.18 bits per heavy atom. The van der Waals surface area contributed by atoms with E-state index >= 15 is 0 Å². The summed E-state index contributed by atoms with van der Waals surface area (Å²) in [6, 6.07) is -0.892. The Labute approximate surface area is 340 Å². The van der Waals surface area contributed by atoms with Crippen molar-refractivity contribution < 1.29 is 38.9 Å². The molecule has 0 aromatic rings. The number of amides is 6. The summed E-state index contributed by atoms with van der Waals surface area (Å²) in [7, 11) is 0. The number of urea groups is 2. The van der Waals surface area contributed by atoms with Crippen LogP contribution in [0.5, 0.6) is 0 Å². The van der Waals surface area contributed by atoms with Gasteiger partial charge in [0.2, 0.25) is 0 Å². The molecule has 324 valence electrons. The third-order valence-corrected chi connectivity index (χ3v) is 14.1. The van der Waals surface area contributed by atoms with Crippen molar-refractivity contribution in [3.05, 3.63) is 0 Å². The summed E-state index contributed by atoms with van der Waals surface area (Å²) >= 11 is 0. The van der Waals surface area contributed by atoms with Crippen molar-refractivity contribution in [1.29, 1.82) is 0 Å². The topological polar surface area (TPSA) is 182 Å². The van der Waals surface area contributed by atoms with E-state index in [0.29, 0.717) is 37.5 Å². The Hall–Kier alpha value is -2.36. The lowest BCUT2D eigenvalue weighted by molar-refractivity contribution is -0.136. The predicted octanol–water partition coefficient (Wildman–Crippen LogP) is 4.35. The highest BCUT2D eigenvalue weighted by molar-refractivity contribution is 6.08. The fraction of sp³-hybridized carbons (Fsp3) is 0.907. The smallest absolute Gasteiger partial charge is 0.325 e. The summed E-state index contributed by atoms with van der Waals surface area (Å²) in [6.45, 7) is 21.1. The van der Waals surface area contributed by atoms with Crippen molar-refractivity contribution in [1.82, 2.24) is 31.1 Å². The van der Waals surface area contributed by atoms with Gasteiger partial charge in [-0.15, -0.1) is 0 Å². The van der Waals surface area contributed by atoms with Crippen LogP contribution in [0, 0.1) is 17.3 Å². The van der Waals surface area contributed by atoms with E-state index in [4.69, 9.17) is 9.47 Å². The van der Waals surface area contributed by atoms with Crippen molar-refractivity contribution >= 4 is 23.9 Å². The number of nitrogens with one attached hydrogen (secondary N) is 4. The third-order valence-electron chi connectivity index (χ3n) is 14.1. The van der Waals surface area contributed by atoms with Gasteiger partial charge in [0.15, 0.2) is 0 Å². The predicted molar refractivity (Wildman–Crippen MR) is 216 cm³/mol. The Morgan fingerprint density at radius 1 is 0.579 bits per heavy atom. The fourth-order valence-corrected chi connectivity index (χ4v) is 12.6. The molecule has 4 aliphatic heterocycles. The van der Waals surface area contributed by atoms with E-state index in [0.717, 1.165) is 51.4 Å². The van der Waals surface area contributed by atoms with Crippen LogP contribution in [0.4, 0.5) is 9.59 Å². The molecule has 2 unspecified atom stereocenters. The molecule has 14 heteroatoms. The molecule has 0 bridgehead atoms. The fourth-order valence-electron chi connectivity index (χ4n) is 12.6. The molecule has 0 aromatic carbocycles. The van der Waals surface area contributed by atoms with E-state index in [1.807, 2.05) is 55.4 Å². The van der Waals surface area contributed by atoms with Crippen LogP contribution in [0.3, 0.4) is 0 Å². The van der Waals surface area contributed by atoms with Gasteiger partial charge in [-0.05, 0) is 150 Å². The van der Waals surface area contributed by atoms with Crippen LogP contribution in [0.2, 0.25) is 0 Å². The number of carbonyl (C=O) groups excluding carboxylic acids is 4. The van der Waals surface area contributed by atoms with Gasteiger partial charge < -0.3 is 41.0 Å². The first-order valence-corrected chi connectivity index (χ1v) is 21.7. The molecule has 6 N–H and O–H groups in total. The average molecular weight is 803 g/mol. The van der Waals surface area contributed by atoms with Gasteiger partial charge >= 0.3 is 12.1 Å². The number of carbonyl (C=O) groups is 4. The zero-order valence-corrected chi connectivity index (χ0v) is 36.5. The molecule has 0 radical (unpaired) electrons. The molecule has 4 saturated heterocycles. The molecule has 0 aromatic heterocycles. The number of hydrogen-bond donors (Lipinski definition) is 6. The quantitative estimate of drug-likeness (QED) is 0.155. The number of hydrogen-bond acceptors (Lipinski definition) is 10. The Bertz CT molecular complexity index is 1390. The van der Waals surface area contributed by atoms with E-state index in [1.165, 1.54) is 9.80 Å². The lowest BCUT2D eigenvalue weighted by Crippen LogP contribution is -2.68. The number of aliphatic hydroxyl groups excluding tert-OH is 2. The van der Waals surface area contributed by atoms with Crippen molar-refractivity contribution in [2.45, 2.75) is 204 Å². The van der Waals surface area contributed by atoms with Gasteiger partial charge in [0.25, 0.3) is 11.8 Å². The maximum absolute atomic E-state index is 13.6. The van der Waals surface area contributed by atoms with E-state index in [1.54, 1.807) is 0 Å². The first kappa shape index (κ1) is 44.2. The van der Waals surface area contributed by atoms with Gasteiger partial charge in [-0.2, -0.15) is 0 Å². The van der Waals surface area contributed by atoms with Crippen molar-refractivity contribution in [2.24, 2.45) is 17.3 Å². The molecule has 2 saturated carbocycles. The summed E-state index contributed by atoms with van der Waals surface area (Å²) in [5.41, 5.74) is -3.13. The first-order chi connectivity index (χ1) is 26.3. The Balaban J connectivity index is 0.893. The van der Waals surface area contributed by atoms with Gasteiger partial charge in [-0.3, -0.25) is 19.4 Å². The standard InChI is InChI=1S/C43H74N6O8/c1-37(2)23-42(24-38(3,4)46-37)33(52)48(35(54)44-42)19-29(50)21-56-31-15-11-27(12-16-31)41(9,10)28-13-17-32(18-14-28)57-22-30(51)20-49-34(53)43(45-36(49)55)25-39(5,6)47-40(7,8)26-43/h27-32,46-47,50-51H,11-26H2,1-10H3,(H,44,54)(H,45,55). The lowest BCUT2D eigenvalue weighted by Gasteiger charge is -2.50. The van der Waals surface area contributed by atoms with Gasteiger partial charge in [-0.25, -0.2) is 9.59 Å². The average Bonchev–Trinajstić information content (AvgIpc) is 3.41. The van der Waals surface area contributed by atoms with E-state index in [-0.39, 0.29) is 77.9 Å². The first-order valence-electron chi connectivity index (χ1n) is 21.7. The molecule has 57 heavy (non-hydrogen) atoms. The number of piperidine rings is 2. The molecule has 6 fully saturated rings. The van der Waals surface area contributed by atoms with Gasteiger partial charge in [0.1, 0.15) is 11.1 Å². The third kappa shape index (κ3) is 9.67. The summed E-state index contributed by atoms with van der Waals surface area (Å²) in [5.74, 6) is 0.575. The monoisotopic (exact) mass is 803 g/mol. The molecular weight excluding hydrogens is 729 g/mol. The second-order valence-corrected chi connectivity index (χ2v) is 22.1. The number of ether oxygens (including phenoxy) is 2. The number of rotatable bonds is 12. The number of imide groups is 2. The summed E-state index contributed by atoms with van der Waals surface area (Å²) in [6.07, 6.45) is 7.90. The minimum atomic E-state index is -0.973. The second-order valence-electron chi connectivity index (χ2n) is 22.1. The Morgan fingerprint density at radius 2 is 0.877 bits per heavy atom. The maximum atomic E-state index is 13.6. The van der Waals surface area contributed by atoms with Crippen LogP contribution in [0.1, 0.15) is 146 Å². The van der Waals surface area contributed by atoms with Crippen LogP contribution in [-0.4, -0.2) is 128 Å². The van der Waals surface area contributed by atoms with Crippen molar-refractivity contribution in [2.75, 3.05) is 26.3 Å². The molecule has 4 heterocycles. The van der Waals surface area contributed by atoms with E-state index < -0.39 is 35.3 Å². The van der Waals surface area contributed by atoms with Crippen LogP contribution in [-0.2, 0) is 19.1 Å². The second kappa shape index (κ2) is 15.6. The molecule has 6 amide bonds. The van der Waals surface area contributed by atoms with E-state index in [9.17, 15) is 29.4 Å². The molecule has 14 nitrogen and oxygen atoms in total. The van der Waals surface area contributed by atoms with Crippen molar-refractivity contribution in [3.8, 4) is 0 Å². The molecule has 2 aliphatic carbocycles. The van der Waals surface area contributed by atoms with Crippen LogP contribution < -0.4 is 21.3 Å². The van der Waals surface area contributed by atoms with Gasteiger partial charge in [-0.1, -0.05) is 13.8 Å². The number of β-amino-alcohol motifs (C(OH)–C–C–N with tert-alkyl or cyclic N) is 2. The zero-order chi connectivity index (χ0) is 42.0. The molecule has 2 spiro atoms.